The number of carbonyl (C=O) groups is 1. The summed E-state index contributed by atoms with van der Waals surface area (Å²) in [6, 6.07) is 8.75. The topological polar surface area (TPSA) is 52.6 Å². The third-order valence-corrected chi connectivity index (χ3v) is 6.90. The van der Waals surface area contributed by atoms with Crippen LogP contribution in [0.25, 0.3) is 0 Å². The summed E-state index contributed by atoms with van der Waals surface area (Å²) in [4.78, 5) is 15.5. The Bertz CT molecular complexity index is 728. The molecule has 5 heterocycles. The van der Waals surface area contributed by atoms with Crippen LogP contribution in [0.1, 0.15) is 25.3 Å². The number of aliphatic hydroxyl groups excluding tert-OH is 1. The molecule has 4 nitrogen and oxygen atoms in total. The maximum Gasteiger partial charge on any atom is 0.236 e. The summed E-state index contributed by atoms with van der Waals surface area (Å²) in [5.41, 5.74) is 3.18. The number of rotatable bonds is 1. The molecule has 23 heavy (non-hydrogen) atoms. The minimum absolute atomic E-state index is 0.164. The Hall–Kier alpha value is -1.65. The highest BCUT2D eigenvalue weighted by Crippen LogP contribution is 2.60. The first-order chi connectivity index (χ1) is 11.2. The molecular formula is C19H22N2O2. The van der Waals surface area contributed by atoms with Gasteiger partial charge in [-0.15, -0.1) is 0 Å². The van der Waals surface area contributed by atoms with Gasteiger partial charge in [-0.25, -0.2) is 0 Å². The minimum Gasteiger partial charge on any atom is -0.396 e. The van der Waals surface area contributed by atoms with Crippen LogP contribution in [0.4, 0.5) is 5.69 Å². The smallest absolute Gasteiger partial charge is 0.236 e. The van der Waals surface area contributed by atoms with Gasteiger partial charge in [0.05, 0.1) is 5.41 Å². The number of hydrogen-bond acceptors (Lipinski definition) is 3. The number of nitrogens with one attached hydrogen (secondary N) is 1. The summed E-state index contributed by atoms with van der Waals surface area (Å²) in [5, 5.41) is 13.1. The van der Waals surface area contributed by atoms with Crippen molar-refractivity contribution in [2.24, 2.45) is 11.8 Å². The number of aliphatic hydroxyl groups is 1. The van der Waals surface area contributed by atoms with Gasteiger partial charge in [0.1, 0.15) is 0 Å². The molecule has 0 aliphatic carbocycles. The van der Waals surface area contributed by atoms with Gasteiger partial charge in [0.15, 0.2) is 0 Å². The van der Waals surface area contributed by atoms with Crippen LogP contribution in [0, 0.1) is 11.8 Å². The van der Waals surface area contributed by atoms with E-state index in [0.29, 0.717) is 12.0 Å². The fourth-order valence-corrected chi connectivity index (χ4v) is 5.92. The maximum absolute atomic E-state index is 13.0. The number of benzene rings is 1. The van der Waals surface area contributed by atoms with Crippen molar-refractivity contribution in [2.75, 3.05) is 18.5 Å². The summed E-state index contributed by atoms with van der Waals surface area (Å²) in [7, 11) is 0. The Balaban J connectivity index is 1.66. The van der Waals surface area contributed by atoms with Gasteiger partial charge in [-0.05, 0) is 37.3 Å². The lowest BCUT2D eigenvalue weighted by Gasteiger charge is -2.52. The largest absolute Gasteiger partial charge is 0.396 e. The number of amides is 1. The molecule has 2 N–H and O–H groups in total. The van der Waals surface area contributed by atoms with E-state index >= 15 is 0 Å². The van der Waals surface area contributed by atoms with Crippen LogP contribution in [0.5, 0.6) is 0 Å². The van der Waals surface area contributed by atoms with E-state index in [2.05, 4.69) is 29.3 Å². The Morgan fingerprint density at radius 3 is 3.04 bits per heavy atom. The van der Waals surface area contributed by atoms with Crippen molar-refractivity contribution < 1.29 is 9.90 Å². The molecule has 1 aromatic rings. The third-order valence-electron chi connectivity index (χ3n) is 6.90. The summed E-state index contributed by atoms with van der Waals surface area (Å²) < 4.78 is 0. The summed E-state index contributed by atoms with van der Waals surface area (Å²) in [5.74, 6) is 0.869. The average Bonchev–Trinajstić information content (AvgIpc) is 3.01. The van der Waals surface area contributed by atoms with E-state index in [1.54, 1.807) is 0 Å². The molecule has 2 unspecified atom stereocenters. The van der Waals surface area contributed by atoms with Crippen LogP contribution in [0.2, 0.25) is 0 Å². The average molecular weight is 310 g/mol. The second-order valence-electron chi connectivity index (χ2n) is 7.48. The molecule has 0 aromatic heterocycles. The standard InChI is InChI=1S/C19H22N2O2/c1-2-11-9-21-16-8-19(17(21)7-12(11)13(16)10-22)14-5-3-4-6-15(14)20-18(19)23/h2-6,12-13,16-17,22H,7-10H2,1H3,(H,20,23)/b11-2-/t12-,13?,16-,17-,19-/m0/s1. The zero-order chi connectivity index (χ0) is 15.8. The highest BCUT2D eigenvalue weighted by Gasteiger charge is 2.67. The molecule has 5 aliphatic rings. The second-order valence-corrected chi connectivity index (χ2v) is 7.48. The number of carbonyl (C=O) groups excluding carboxylic acids is 1. The van der Waals surface area contributed by atoms with Gasteiger partial charge in [-0.1, -0.05) is 29.8 Å². The molecule has 6 rings (SSSR count). The molecule has 1 amide bonds. The van der Waals surface area contributed by atoms with E-state index in [1.165, 1.54) is 11.1 Å². The SMILES string of the molecule is C/C=C1/CN2[C@H]3C[C@@H]1C(CO)[C@@H]2C[C@@]31C(=O)Nc2ccccc21. The number of hydrogen-bond donors (Lipinski definition) is 2. The predicted molar refractivity (Wildman–Crippen MR) is 88.1 cm³/mol. The molecule has 0 saturated carbocycles. The number of fused-ring (bicyclic) bond motifs is 3. The first-order valence-electron chi connectivity index (χ1n) is 8.63. The van der Waals surface area contributed by atoms with Crippen LogP contribution in [-0.2, 0) is 10.2 Å². The summed E-state index contributed by atoms with van der Waals surface area (Å²) in [6.45, 7) is 3.28. The van der Waals surface area contributed by atoms with Gasteiger partial charge in [-0.2, -0.15) is 0 Å². The van der Waals surface area contributed by atoms with Gasteiger partial charge < -0.3 is 10.4 Å². The first kappa shape index (κ1) is 13.8. The molecule has 6 atom stereocenters. The lowest BCUT2D eigenvalue weighted by molar-refractivity contribution is -0.122. The Morgan fingerprint density at radius 1 is 1.43 bits per heavy atom. The van der Waals surface area contributed by atoms with Crippen molar-refractivity contribution in [3.05, 3.63) is 41.5 Å². The third kappa shape index (κ3) is 1.47. The second kappa shape index (κ2) is 4.46. The molecule has 120 valence electrons. The van der Waals surface area contributed by atoms with Gasteiger partial charge >= 0.3 is 0 Å². The van der Waals surface area contributed by atoms with Crippen LogP contribution in [0.3, 0.4) is 0 Å². The fraction of sp³-hybridized carbons (Fsp3) is 0.526. The molecule has 4 bridgehead atoms. The van der Waals surface area contributed by atoms with Crippen LogP contribution < -0.4 is 5.32 Å². The Kier molecular flexibility index (Phi) is 2.67. The van der Waals surface area contributed by atoms with E-state index in [4.69, 9.17) is 0 Å². The monoisotopic (exact) mass is 310 g/mol. The number of anilines is 1. The minimum atomic E-state index is -0.414. The molecule has 4 fully saturated rings. The molecule has 4 heteroatoms. The number of piperidine rings is 3. The number of allylic oxidation sites excluding steroid dienone is 1. The molecule has 5 aliphatic heterocycles. The quantitative estimate of drug-likeness (QED) is 0.779. The van der Waals surface area contributed by atoms with E-state index in [-0.39, 0.29) is 24.5 Å². The van der Waals surface area contributed by atoms with Crippen molar-refractivity contribution >= 4 is 11.6 Å². The van der Waals surface area contributed by atoms with E-state index < -0.39 is 5.41 Å². The number of nitrogens with zero attached hydrogens (tertiary/aromatic N) is 1. The molecule has 0 radical (unpaired) electrons. The highest BCUT2D eigenvalue weighted by atomic mass is 16.3. The van der Waals surface area contributed by atoms with Gasteiger partial charge in [0, 0.05) is 36.8 Å². The zero-order valence-electron chi connectivity index (χ0n) is 13.3. The van der Waals surface area contributed by atoms with E-state index in [9.17, 15) is 9.90 Å². The van der Waals surface area contributed by atoms with Crippen molar-refractivity contribution in [1.82, 2.24) is 4.90 Å². The van der Waals surface area contributed by atoms with Crippen molar-refractivity contribution in [3.8, 4) is 0 Å². The Labute approximate surface area is 136 Å². The molecule has 1 spiro atoms. The van der Waals surface area contributed by atoms with Crippen molar-refractivity contribution in [2.45, 2.75) is 37.3 Å². The van der Waals surface area contributed by atoms with Crippen LogP contribution >= 0.6 is 0 Å². The number of para-hydroxylation sites is 1. The summed E-state index contributed by atoms with van der Waals surface area (Å²) in [6.07, 6.45) is 4.05. The van der Waals surface area contributed by atoms with Crippen molar-refractivity contribution in [1.29, 1.82) is 0 Å². The lowest BCUT2D eigenvalue weighted by atomic mass is 9.69. The fourth-order valence-electron chi connectivity index (χ4n) is 5.92. The van der Waals surface area contributed by atoms with Gasteiger partial charge in [0.25, 0.3) is 0 Å². The molecule has 4 saturated heterocycles. The predicted octanol–water partition coefficient (Wildman–Crippen LogP) is 1.91. The van der Waals surface area contributed by atoms with Crippen LogP contribution in [-0.4, -0.2) is 41.1 Å². The van der Waals surface area contributed by atoms with Gasteiger partial charge in [0.2, 0.25) is 5.91 Å². The lowest BCUT2D eigenvalue weighted by Crippen LogP contribution is -2.59. The first-order valence-corrected chi connectivity index (χ1v) is 8.63. The highest BCUT2D eigenvalue weighted by molar-refractivity contribution is 6.07. The van der Waals surface area contributed by atoms with E-state index in [1.807, 2.05) is 18.2 Å². The van der Waals surface area contributed by atoms with Crippen molar-refractivity contribution in [3.63, 3.8) is 0 Å². The molecule has 1 aromatic carbocycles. The maximum atomic E-state index is 13.0. The zero-order valence-corrected chi connectivity index (χ0v) is 13.3. The molecular weight excluding hydrogens is 288 g/mol. The Morgan fingerprint density at radius 2 is 2.26 bits per heavy atom. The van der Waals surface area contributed by atoms with Crippen LogP contribution in [0.15, 0.2) is 35.9 Å². The normalized spacial score (nSPS) is 44.9. The van der Waals surface area contributed by atoms with Gasteiger partial charge in [-0.3, -0.25) is 9.69 Å². The summed E-state index contributed by atoms with van der Waals surface area (Å²) >= 11 is 0. The van der Waals surface area contributed by atoms with E-state index in [0.717, 1.165) is 25.1 Å².